The van der Waals surface area contributed by atoms with Crippen LogP contribution in [0.15, 0.2) is 78.9 Å². The number of hydrogen-bond acceptors (Lipinski definition) is 2. The minimum Gasteiger partial charge on any atom is -0.345 e. The van der Waals surface area contributed by atoms with Crippen LogP contribution in [0.2, 0.25) is 0 Å². The largest absolute Gasteiger partial charge is 0.345 e. The minimum atomic E-state index is -0.534. The van der Waals surface area contributed by atoms with Crippen LogP contribution in [0.5, 0.6) is 0 Å². The third kappa shape index (κ3) is 3.58. The van der Waals surface area contributed by atoms with Gasteiger partial charge in [0.2, 0.25) is 0 Å². The Morgan fingerprint density at radius 1 is 0.926 bits per heavy atom. The average molecular weight is 359 g/mol. The molecule has 4 rings (SSSR count). The maximum atomic E-state index is 13.8. The van der Waals surface area contributed by atoms with Crippen molar-refractivity contribution in [3.05, 3.63) is 102 Å². The molecule has 1 N–H and O–H groups in total. The van der Waals surface area contributed by atoms with E-state index in [0.29, 0.717) is 6.54 Å². The summed E-state index contributed by atoms with van der Waals surface area (Å²) >= 11 is 0. The molecule has 4 nitrogen and oxygen atoms in total. The van der Waals surface area contributed by atoms with Gasteiger partial charge in [-0.15, -0.1) is 0 Å². The molecule has 0 radical (unpaired) electrons. The number of hydrogen-bond donors (Lipinski definition) is 1. The van der Waals surface area contributed by atoms with Gasteiger partial charge in [-0.1, -0.05) is 54.6 Å². The number of carbonyl (C=O) groups excluding carboxylic acids is 1. The Kier molecular flexibility index (Phi) is 4.66. The highest BCUT2D eigenvalue weighted by Crippen LogP contribution is 2.18. The third-order valence-corrected chi connectivity index (χ3v) is 4.44. The summed E-state index contributed by atoms with van der Waals surface area (Å²) in [6.45, 7) is 0.862. The van der Waals surface area contributed by atoms with Crippen LogP contribution in [0.25, 0.3) is 11.0 Å². The van der Waals surface area contributed by atoms with Crippen molar-refractivity contribution in [2.45, 2.75) is 13.1 Å². The number of aromatic nitrogens is 2. The number of halogens is 1. The molecule has 134 valence electrons. The molecule has 0 fully saturated rings. The first-order valence-corrected chi connectivity index (χ1v) is 8.73. The van der Waals surface area contributed by atoms with E-state index in [2.05, 4.69) is 27.0 Å². The van der Waals surface area contributed by atoms with Crippen LogP contribution in [-0.4, -0.2) is 15.5 Å². The first-order valence-electron chi connectivity index (χ1n) is 8.73. The van der Waals surface area contributed by atoms with Crippen LogP contribution in [0.4, 0.5) is 4.39 Å². The van der Waals surface area contributed by atoms with Crippen molar-refractivity contribution < 1.29 is 9.18 Å². The van der Waals surface area contributed by atoms with E-state index in [1.807, 2.05) is 42.5 Å². The van der Waals surface area contributed by atoms with E-state index >= 15 is 0 Å². The van der Waals surface area contributed by atoms with Gasteiger partial charge in [0.1, 0.15) is 11.6 Å². The van der Waals surface area contributed by atoms with Gasteiger partial charge in [0.25, 0.3) is 5.91 Å². The Morgan fingerprint density at radius 3 is 2.44 bits per heavy atom. The molecule has 5 heteroatoms. The number of amides is 1. The number of imidazole rings is 1. The van der Waals surface area contributed by atoms with Crippen LogP contribution >= 0.6 is 0 Å². The van der Waals surface area contributed by atoms with E-state index < -0.39 is 11.7 Å². The van der Waals surface area contributed by atoms with E-state index in [-0.39, 0.29) is 12.1 Å². The van der Waals surface area contributed by atoms with Crippen LogP contribution < -0.4 is 5.32 Å². The number of rotatable bonds is 5. The van der Waals surface area contributed by atoms with Crippen molar-refractivity contribution in [2.75, 3.05) is 0 Å². The highest BCUT2D eigenvalue weighted by atomic mass is 19.1. The molecule has 0 bridgehead atoms. The summed E-state index contributed by atoms with van der Waals surface area (Å²) in [7, 11) is 0. The zero-order valence-corrected chi connectivity index (χ0v) is 14.6. The molecule has 3 aromatic carbocycles. The van der Waals surface area contributed by atoms with E-state index in [1.54, 1.807) is 12.1 Å². The molecule has 0 aliphatic rings. The number of fused-ring (bicyclic) bond motifs is 1. The molecule has 1 amide bonds. The molecular weight excluding hydrogens is 341 g/mol. The van der Waals surface area contributed by atoms with Crippen LogP contribution in [-0.2, 0) is 13.1 Å². The Hall–Kier alpha value is -3.47. The van der Waals surface area contributed by atoms with Gasteiger partial charge in [-0.05, 0) is 29.8 Å². The number of para-hydroxylation sites is 2. The topological polar surface area (TPSA) is 46.9 Å². The van der Waals surface area contributed by atoms with Crippen molar-refractivity contribution >= 4 is 16.9 Å². The monoisotopic (exact) mass is 359 g/mol. The number of benzene rings is 3. The second-order valence-corrected chi connectivity index (χ2v) is 6.25. The second-order valence-electron chi connectivity index (χ2n) is 6.25. The molecule has 27 heavy (non-hydrogen) atoms. The standard InChI is InChI=1S/C22H18FN3O/c23-18-11-5-4-10-17(18)22(27)24-14-21-25-19-12-6-7-13-20(19)26(21)15-16-8-2-1-3-9-16/h1-13H,14-15H2,(H,24,27). The van der Waals surface area contributed by atoms with E-state index in [4.69, 9.17) is 0 Å². The lowest BCUT2D eigenvalue weighted by Crippen LogP contribution is -2.25. The molecule has 1 aromatic heterocycles. The van der Waals surface area contributed by atoms with Gasteiger partial charge in [0, 0.05) is 6.54 Å². The van der Waals surface area contributed by atoms with Gasteiger partial charge >= 0.3 is 0 Å². The highest BCUT2D eigenvalue weighted by Gasteiger charge is 2.14. The lowest BCUT2D eigenvalue weighted by Gasteiger charge is -2.11. The Labute approximate surface area is 156 Å². The summed E-state index contributed by atoms with van der Waals surface area (Å²) in [5, 5.41) is 2.78. The smallest absolute Gasteiger partial charge is 0.254 e. The van der Waals surface area contributed by atoms with Crippen LogP contribution in [0, 0.1) is 5.82 Å². The van der Waals surface area contributed by atoms with Gasteiger partial charge < -0.3 is 9.88 Å². The summed E-state index contributed by atoms with van der Waals surface area (Å²) < 4.78 is 15.9. The Bertz CT molecular complexity index is 1090. The predicted octanol–water partition coefficient (Wildman–Crippen LogP) is 4.15. The van der Waals surface area contributed by atoms with Gasteiger partial charge in [0.05, 0.1) is 23.1 Å². The third-order valence-electron chi connectivity index (χ3n) is 4.44. The lowest BCUT2D eigenvalue weighted by atomic mass is 10.2. The fraction of sp³-hybridized carbons (Fsp3) is 0.0909. The van der Waals surface area contributed by atoms with Gasteiger partial charge in [0.15, 0.2) is 0 Å². The van der Waals surface area contributed by atoms with Crippen molar-refractivity contribution in [1.29, 1.82) is 0 Å². The molecule has 0 spiro atoms. The summed E-state index contributed by atoms with van der Waals surface area (Å²) in [5.41, 5.74) is 3.03. The predicted molar refractivity (Wildman–Crippen MR) is 103 cm³/mol. The normalized spacial score (nSPS) is 10.9. The highest BCUT2D eigenvalue weighted by molar-refractivity contribution is 5.94. The summed E-state index contributed by atoms with van der Waals surface area (Å²) in [6, 6.07) is 23.9. The number of nitrogens with one attached hydrogen (secondary N) is 1. The zero-order chi connectivity index (χ0) is 18.6. The number of carbonyl (C=O) groups is 1. The molecule has 4 aromatic rings. The SMILES string of the molecule is O=C(NCc1nc2ccccc2n1Cc1ccccc1)c1ccccc1F. The molecule has 0 aliphatic carbocycles. The molecule has 0 saturated heterocycles. The molecule has 0 atom stereocenters. The fourth-order valence-electron chi connectivity index (χ4n) is 3.10. The Balaban J connectivity index is 1.62. The van der Waals surface area contributed by atoms with Crippen molar-refractivity contribution in [2.24, 2.45) is 0 Å². The van der Waals surface area contributed by atoms with E-state index in [0.717, 1.165) is 22.4 Å². The van der Waals surface area contributed by atoms with Crippen LogP contribution in [0.1, 0.15) is 21.7 Å². The maximum absolute atomic E-state index is 13.8. The first-order chi connectivity index (χ1) is 13.2. The quantitative estimate of drug-likeness (QED) is 0.582. The lowest BCUT2D eigenvalue weighted by molar-refractivity contribution is 0.0945. The van der Waals surface area contributed by atoms with E-state index in [9.17, 15) is 9.18 Å². The van der Waals surface area contributed by atoms with Crippen molar-refractivity contribution in [3.63, 3.8) is 0 Å². The van der Waals surface area contributed by atoms with Gasteiger partial charge in [-0.25, -0.2) is 9.37 Å². The van der Waals surface area contributed by atoms with Gasteiger partial charge in [-0.2, -0.15) is 0 Å². The second kappa shape index (κ2) is 7.41. The van der Waals surface area contributed by atoms with Gasteiger partial charge in [-0.3, -0.25) is 4.79 Å². The Morgan fingerprint density at radius 2 is 1.63 bits per heavy atom. The molecular formula is C22H18FN3O. The molecule has 0 aliphatic heterocycles. The fourth-order valence-corrected chi connectivity index (χ4v) is 3.10. The summed E-state index contributed by atoms with van der Waals surface area (Å²) in [6.07, 6.45) is 0. The number of nitrogens with zero attached hydrogens (tertiary/aromatic N) is 2. The van der Waals surface area contributed by atoms with Crippen molar-refractivity contribution in [3.8, 4) is 0 Å². The van der Waals surface area contributed by atoms with E-state index in [1.165, 1.54) is 12.1 Å². The first kappa shape index (κ1) is 17.0. The average Bonchev–Trinajstić information content (AvgIpc) is 3.05. The summed E-state index contributed by atoms with van der Waals surface area (Å²) in [5.74, 6) is -0.260. The van der Waals surface area contributed by atoms with Crippen molar-refractivity contribution in [1.82, 2.24) is 14.9 Å². The van der Waals surface area contributed by atoms with Crippen LogP contribution in [0.3, 0.4) is 0 Å². The molecule has 0 unspecified atom stereocenters. The maximum Gasteiger partial charge on any atom is 0.254 e. The zero-order valence-electron chi connectivity index (χ0n) is 14.6. The molecule has 1 heterocycles. The molecule has 0 saturated carbocycles. The summed E-state index contributed by atoms with van der Waals surface area (Å²) in [4.78, 5) is 17.0. The minimum absolute atomic E-state index is 0.0308.